The van der Waals surface area contributed by atoms with Gasteiger partial charge in [0.1, 0.15) is 13.1 Å². The molecule has 0 aliphatic heterocycles. The van der Waals surface area contributed by atoms with E-state index in [0.29, 0.717) is 17.5 Å². The predicted molar refractivity (Wildman–Crippen MR) is 130 cm³/mol. The number of nitrogens with one attached hydrogen (secondary N) is 1. The number of hydrogen-bond acceptors (Lipinski definition) is 7. The molecule has 0 fully saturated rings. The fourth-order valence-electron chi connectivity index (χ4n) is 4.42. The minimum Gasteiger partial charge on any atom is -0.321 e. The zero-order valence-corrected chi connectivity index (χ0v) is 21.1. The first-order valence-corrected chi connectivity index (χ1v) is 13.2. The zero-order chi connectivity index (χ0) is 26.3. The minimum atomic E-state index is -4.12. The highest BCUT2D eigenvalue weighted by Gasteiger charge is 2.33. The first-order chi connectivity index (χ1) is 16.9. The van der Waals surface area contributed by atoms with Gasteiger partial charge in [-0.05, 0) is 58.2 Å². The third-order valence-electron chi connectivity index (χ3n) is 6.82. The molecule has 0 saturated carbocycles. The second kappa shape index (κ2) is 9.65. The van der Waals surface area contributed by atoms with Gasteiger partial charge in [0.05, 0.1) is 23.7 Å². The van der Waals surface area contributed by atoms with E-state index >= 15 is 0 Å². The lowest BCUT2D eigenvalue weighted by atomic mass is 10.0. The standard InChI is InChI=1S/C24H31N4O7S/c1-3-27(30,31)13-11-26(12-14-28(32,33)4-2)36(34,35)18-9-10-19-17(15-18)16-22-20-7-5-6-8-21(20)24(29)25-23(19)22/h5-10,15,30-33H,3-4,11-14,16H2,1-2H3/q+1/p+1. The molecule has 1 heterocycles. The molecule has 0 unspecified atom stereocenters. The molecule has 0 amide bonds. The highest BCUT2D eigenvalue weighted by molar-refractivity contribution is 7.89. The van der Waals surface area contributed by atoms with Crippen LogP contribution in [-0.2, 0) is 16.4 Å². The summed E-state index contributed by atoms with van der Waals surface area (Å²) in [4.78, 5) is 12.8. The molecule has 12 heteroatoms. The maximum atomic E-state index is 13.6. The van der Waals surface area contributed by atoms with Crippen molar-refractivity contribution in [3.8, 4) is 11.3 Å². The van der Waals surface area contributed by atoms with Crippen LogP contribution in [-0.4, -0.2) is 87.4 Å². The third kappa shape index (κ3) is 5.08. The Hall–Kier alpha value is -2.68. The van der Waals surface area contributed by atoms with E-state index in [1.165, 1.54) is 6.07 Å². The molecule has 2 aromatic carbocycles. The average molecular weight is 521 g/mol. The van der Waals surface area contributed by atoms with E-state index in [9.17, 15) is 34.0 Å². The molecule has 0 spiro atoms. The maximum absolute atomic E-state index is 13.6. The Balaban J connectivity index is 1.69. The molecule has 4 rings (SSSR count). The Morgan fingerprint density at radius 1 is 0.917 bits per heavy atom. The number of rotatable bonds is 10. The largest absolute Gasteiger partial charge is 0.321 e. The highest BCUT2D eigenvalue weighted by Crippen LogP contribution is 2.39. The van der Waals surface area contributed by atoms with E-state index in [0.717, 1.165) is 26.4 Å². The summed E-state index contributed by atoms with van der Waals surface area (Å²) in [6, 6.07) is 11.9. The normalized spacial score (nSPS) is 13.9. The number of hydrogen-bond donors (Lipinski definition) is 5. The van der Waals surface area contributed by atoms with Crippen LogP contribution >= 0.6 is 0 Å². The molecule has 0 atom stereocenters. The Bertz CT molecular complexity index is 1430. The first-order valence-electron chi connectivity index (χ1n) is 11.8. The summed E-state index contributed by atoms with van der Waals surface area (Å²) >= 11 is 0. The number of aromatic nitrogens is 1. The van der Waals surface area contributed by atoms with E-state index in [1.807, 2.05) is 12.1 Å². The number of H-pyrrole nitrogens is 1. The SMILES string of the molecule is CC[N+](O)(O)CCN(CC[N+](O)(O)CC)S(=O)(=O)c1ccc2c(c1)Cc1c-2[nH]c(=O)c2ccccc12. The van der Waals surface area contributed by atoms with Gasteiger partial charge in [-0.1, -0.05) is 24.3 Å². The van der Waals surface area contributed by atoms with E-state index in [4.69, 9.17) is 0 Å². The van der Waals surface area contributed by atoms with Crippen LogP contribution in [0.2, 0.25) is 0 Å². The molecular weight excluding hydrogens is 488 g/mol. The molecule has 0 bridgehead atoms. The summed E-state index contributed by atoms with van der Waals surface area (Å²) in [5.74, 6) is 0. The molecule has 3 aromatic rings. The zero-order valence-electron chi connectivity index (χ0n) is 20.3. The minimum absolute atomic E-state index is 0.00309. The molecule has 194 valence electrons. The number of quaternary nitrogens is 2. The van der Waals surface area contributed by atoms with Crippen LogP contribution in [0.15, 0.2) is 52.2 Å². The van der Waals surface area contributed by atoms with Gasteiger partial charge < -0.3 is 4.98 Å². The number of fused-ring (bicyclic) bond motifs is 5. The number of nitrogens with zero attached hydrogens (tertiary/aromatic N) is 3. The van der Waals surface area contributed by atoms with Crippen LogP contribution in [0.25, 0.3) is 22.0 Å². The monoisotopic (exact) mass is 520 g/mol. The van der Waals surface area contributed by atoms with Crippen LogP contribution < -0.4 is 5.56 Å². The Kier molecular flexibility index (Phi) is 7.07. The van der Waals surface area contributed by atoms with Crippen molar-refractivity contribution in [1.82, 2.24) is 9.29 Å². The van der Waals surface area contributed by atoms with Crippen LogP contribution in [0.3, 0.4) is 0 Å². The molecule has 1 aliphatic carbocycles. The van der Waals surface area contributed by atoms with Crippen LogP contribution in [0.5, 0.6) is 0 Å². The molecule has 1 aliphatic rings. The van der Waals surface area contributed by atoms with E-state index in [2.05, 4.69) is 4.98 Å². The Labute approximate surface area is 208 Å². The van der Waals surface area contributed by atoms with Gasteiger partial charge in [-0.2, -0.15) is 25.1 Å². The topological polar surface area (TPSA) is 151 Å². The number of pyridine rings is 1. The average Bonchev–Trinajstić information content (AvgIpc) is 3.22. The second-order valence-electron chi connectivity index (χ2n) is 9.09. The van der Waals surface area contributed by atoms with Crippen molar-refractivity contribution in [3.05, 3.63) is 63.9 Å². The van der Waals surface area contributed by atoms with Crippen molar-refractivity contribution in [2.24, 2.45) is 0 Å². The van der Waals surface area contributed by atoms with Crippen LogP contribution in [0.1, 0.15) is 25.0 Å². The van der Waals surface area contributed by atoms with Gasteiger partial charge in [-0.15, -0.1) is 0 Å². The first kappa shape index (κ1) is 26.4. The number of sulfonamides is 1. The summed E-state index contributed by atoms with van der Waals surface area (Å²) in [6.45, 7) is 1.89. The van der Waals surface area contributed by atoms with Crippen molar-refractivity contribution in [1.29, 1.82) is 0 Å². The van der Waals surface area contributed by atoms with Crippen molar-refractivity contribution in [2.45, 2.75) is 25.2 Å². The fraction of sp³-hybridized carbons (Fsp3) is 0.375. The fourth-order valence-corrected chi connectivity index (χ4v) is 5.89. The van der Waals surface area contributed by atoms with Gasteiger partial charge in [0.25, 0.3) is 5.56 Å². The Morgan fingerprint density at radius 3 is 2.08 bits per heavy atom. The third-order valence-corrected chi connectivity index (χ3v) is 8.71. The molecule has 0 radical (unpaired) electrons. The quantitative estimate of drug-likeness (QED) is 0.159. The summed E-state index contributed by atoms with van der Waals surface area (Å²) in [5.41, 5.74) is 2.87. The molecule has 11 nitrogen and oxygen atoms in total. The molecule has 0 saturated heterocycles. The summed E-state index contributed by atoms with van der Waals surface area (Å²) in [6.07, 6.45) is 0.442. The lowest BCUT2D eigenvalue weighted by Gasteiger charge is -2.27. The predicted octanol–water partition coefficient (Wildman–Crippen LogP) is 2.32. The van der Waals surface area contributed by atoms with E-state index in [1.54, 1.807) is 38.1 Å². The van der Waals surface area contributed by atoms with E-state index < -0.39 is 19.6 Å². The summed E-state index contributed by atoms with van der Waals surface area (Å²) < 4.78 is 28.2. The van der Waals surface area contributed by atoms with Gasteiger partial charge in [-0.3, -0.25) is 4.79 Å². The number of aromatic amines is 1. The lowest BCUT2D eigenvalue weighted by molar-refractivity contribution is -1.24. The summed E-state index contributed by atoms with van der Waals surface area (Å²) in [7, 11) is -4.12. The maximum Gasteiger partial charge on any atom is 0.256 e. The smallest absolute Gasteiger partial charge is 0.256 e. The number of likely N-dealkylation sites (N-methyl/N-ethyl adjacent to an activating group) is 2. The van der Waals surface area contributed by atoms with Gasteiger partial charge >= 0.3 is 0 Å². The molecule has 5 N–H and O–H groups in total. The molecule has 36 heavy (non-hydrogen) atoms. The molecule has 1 aromatic heterocycles. The van der Waals surface area contributed by atoms with Crippen LogP contribution in [0.4, 0.5) is 0 Å². The van der Waals surface area contributed by atoms with Crippen molar-refractivity contribution in [2.75, 3.05) is 39.3 Å². The number of hydroxylamine groups is 8. The highest BCUT2D eigenvalue weighted by atomic mass is 32.2. The van der Waals surface area contributed by atoms with Crippen molar-refractivity contribution >= 4 is 20.8 Å². The van der Waals surface area contributed by atoms with E-state index in [-0.39, 0.29) is 49.7 Å². The van der Waals surface area contributed by atoms with Gasteiger partial charge in [0, 0.05) is 17.4 Å². The lowest BCUT2D eigenvalue weighted by Crippen LogP contribution is -2.51. The second-order valence-corrected chi connectivity index (χ2v) is 11.0. The van der Waals surface area contributed by atoms with Crippen LogP contribution in [0, 0.1) is 0 Å². The van der Waals surface area contributed by atoms with Gasteiger partial charge in [0.2, 0.25) is 10.0 Å². The van der Waals surface area contributed by atoms with Gasteiger partial charge in [0.15, 0.2) is 13.1 Å². The van der Waals surface area contributed by atoms with Crippen molar-refractivity contribution in [3.63, 3.8) is 0 Å². The Morgan fingerprint density at radius 2 is 1.50 bits per heavy atom. The van der Waals surface area contributed by atoms with Crippen molar-refractivity contribution < 1.29 is 38.9 Å². The number of benzene rings is 2. The van der Waals surface area contributed by atoms with Gasteiger partial charge in [-0.25, -0.2) is 8.42 Å². The summed E-state index contributed by atoms with van der Waals surface area (Å²) in [5, 5.41) is 41.2. The molecular formula is C24H32N4O7S+2.